The zero-order valence-electron chi connectivity index (χ0n) is 10.9. The molecule has 1 N–H and O–H groups in total. The molecular weight excluding hydrogens is 242 g/mol. The standard InChI is InChI=1S/C14H17N3O2/c1-11(18)17-8-4-14(5-9-17)10-13(16-19-14)12-2-6-15-7-3-12/h2-3,6-7,10,16H,4-5,8-9H2,1H3. The Labute approximate surface area is 112 Å². The Morgan fingerprint density at radius 1 is 1.37 bits per heavy atom. The smallest absolute Gasteiger partial charge is 0.219 e. The maximum Gasteiger partial charge on any atom is 0.219 e. The minimum atomic E-state index is -0.273. The first-order valence-corrected chi connectivity index (χ1v) is 6.51. The second-order valence-corrected chi connectivity index (χ2v) is 5.07. The predicted molar refractivity (Wildman–Crippen MR) is 70.7 cm³/mol. The average Bonchev–Trinajstić information content (AvgIpc) is 2.84. The van der Waals surface area contributed by atoms with E-state index in [1.54, 1.807) is 19.3 Å². The van der Waals surface area contributed by atoms with Gasteiger partial charge in [-0.05, 0) is 18.2 Å². The summed E-state index contributed by atoms with van der Waals surface area (Å²) < 4.78 is 0. The Balaban J connectivity index is 1.75. The topological polar surface area (TPSA) is 54.5 Å². The van der Waals surface area contributed by atoms with Crippen LogP contribution in [0.4, 0.5) is 0 Å². The van der Waals surface area contributed by atoms with Gasteiger partial charge in [0.05, 0.1) is 5.70 Å². The number of piperidine rings is 1. The van der Waals surface area contributed by atoms with E-state index in [4.69, 9.17) is 4.84 Å². The summed E-state index contributed by atoms with van der Waals surface area (Å²) in [5.74, 6) is 0.138. The highest BCUT2D eigenvalue weighted by Crippen LogP contribution is 2.34. The van der Waals surface area contributed by atoms with Crippen LogP contribution in [-0.2, 0) is 9.63 Å². The summed E-state index contributed by atoms with van der Waals surface area (Å²) in [6.07, 6.45) is 7.32. The molecule has 100 valence electrons. The number of hydrogen-bond donors (Lipinski definition) is 1. The molecule has 1 spiro atoms. The first-order valence-electron chi connectivity index (χ1n) is 6.51. The van der Waals surface area contributed by atoms with Crippen molar-refractivity contribution >= 4 is 11.6 Å². The Morgan fingerprint density at radius 3 is 2.68 bits per heavy atom. The molecule has 3 heterocycles. The van der Waals surface area contributed by atoms with Gasteiger partial charge >= 0.3 is 0 Å². The van der Waals surface area contributed by atoms with E-state index in [0.717, 1.165) is 37.2 Å². The van der Waals surface area contributed by atoms with E-state index in [1.165, 1.54) is 0 Å². The Hall–Kier alpha value is -1.88. The van der Waals surface area contributed by atoms with Crippen LogP contribution in [0.3, 0.4) is 0 Å². The van der Waals surface area contributed by atoms with Crippen LogP contribution < -0.4 is 5.48 Å². The van der Waals surface area contributed by atoms with Crippen molar-refractivity contribution in [2.75, 3.05) is 13.1 Å². The van der Waals surface area contributed by atoms with Crippen molar-refractivity contribution < 1.29 is 9.63 Å². The van der Waals surface area contributed by atoms with Gasteiger partial charge in [-0.3, -0.25) is 20.1 Å². The van der Waals surface area contributed by atoms with Crippen LogP contribution in [0, 0.1) is 0 Å². The maximum absolute atomic E-state index is 11.3. The van der Waals surface area contributed by atoms with Gasteiger partial charge in [0.1, 0.15) is 5.60 Å². The quantitative estimate of drug-likeness (QED) is 0.827. The lowest BCUT2D eigenvalue weighted by atomic mass is 9.90. The molecule has 1 fully saturated rings. The molecule has 1 saturated heterocycles. The SMILES string of the molecule is CC(=O)N1CCC2(C=C(c3ccncc3)NO2)CC1. The summed E-state index contributed by atoms with van der Waals surface area (Å²) in [5.41, 5.74) is 4.79. The third-order valence-corrected chi connectivity index (χ3v) is 3.82. The lowest BCUT2D eigenvalue weighted by Crippen LogP contribution is -2.46. The highest BCUT2D eigenvalue weighted by Gasteiger charge is 2.39. The molecule has 0 bridgehead atoms. The molecule has 2 aliphatic rings. The second kappa shape index (κ2) is 4.66. The Bertz CT molecular complexity index is 505. The fourth-order valence-electron chi connectivity index (χ4n) is 2.60. The summed E-state index contributed by atoms with van der Waals surface area (Å²) >= 11 is 0. The van der Waals surface area contributed by atoms with E-state index in [-0.39, 0.29) is 11.5 Å². The van der Waals surface area contributed by atoms with Gasteiger partial charge < -0.3 is 4.90 Å². The largest absolute Gasteiger partial charge is 0.343 e. The van der Waals surface area contributed by atoms with Crippen LogP contribution >= 0.6 is 0 Å². The number of nitrogens with one attached hydrogen (secondary N) is 1. The van der Waals surface area contributed by atoms with Gasteiger partial charge in [0.25, 0.3) is 0 Å². The van der Waals surface area contributed by atoms with Crippen molar-refractivity contribution in [2.24, 2.45) is 0 Å². The zero-order valence-corrected chi connectivity index (χ0v) is 10.9. The van der Waals surface area contributed by atoms with Gasteiger partial charge in [0.15, 0.2) is 0 Å². The highest BCUT2D eigenvalue weighted by molar-refractivity contribution is 5.73. The molecule has 0 radical (unpaired) electrons. The van der Waals surface area contributed by atoms with Crippen molar-refractivity contribution in [3.8, 4) is 0 Å². The molecule has 5 nitrogen and oxygen atoms in total. The molecule has 0 atom stereocenters. The normalized spacial score (nSPS) is 21.1. The number of aromatic nitrogens is 1. The fourth-order valence-corrected chi connectivity index (χ4v) is 2.60. The average molecular weight is 259 g/mol. The molecule has 19 heavy (non-hydrogen) atoms. The number of rotatable bonds is 1. The van der Waals surface area contributed by atoms with Gasteiger partial charge in [-0.15, -0.1) is 0 Å². The number of carbonyl (C=O) groups excluding carboxylic acids is 1. The number of hydrogen-bond acceptors (Lipinski definition) is 4. The predicted octanol–water partition coefficient (Wildman–Crippen LogP) is 1.34. The zero-order chi connectivity index (χ0) is 13.3. The summed E-state index contributed by atoms with van der Waals surface area (Å²) in [7, 11) is 0. The monoisotopic (exact) mass is 259 g/mol. The number of carbonyl (C=O) groups is 1. The second-order valence-electron chi connectivity index (χ2n) is 5.07. The minimum Gasteiger partial charge on any atom is -0.343 e. The van der Waals surface area contributed by atoms with Crippen molar-refractivity contribution in [3.63, 3.8) is 0 Å². The molecular formula is C14H17N3O2. The van der Waals surface area contributed by atoms with Crippen molar-refractivity contribution in [1.82, 2.24) is 15.4 Å². The lowest BCUT2D eigenvalue weighted by Gasteiger charge is -2.36. The number of amides is 1. The third kappa shape index (κ3) is 2.33. The van der Waals surface area contributed by atoms with E-state index in [9.17, 15) is 4.79 Å². The van der Waals surface area contributed by atoms with Crippen molar-refractivity contribution in [1.29, 1.82) is 0 Å². The summed E-state index contributed by atoms with van der Waals surface area (Å²) in [4.78, 5) is 23.0. The number of nitrogens with zero attached hydrogens (tertiary/aromatic N) is 2. The molecule has 3 rings (SSSR count). The molecule has 0 aliphatic carbocycles. The molecule has 0 unspecified atom stereocenters. The van der Waals surface area contributed by atoms with Crippen LogP contribution in [0.5, 0.6) is 0 Å². The van der Waals surface area contributed by atoms with Gasteiger partial charge in [-0.25, -0.2) is 0 Å². The van der Waals surface area contributed by atoms with Crippen LogP contribution in [0.1, 0.15) is 25.3 Å². The molecule has 1 aromatic heterocycles. The summed E-state index contributed by atoms with van der Waals surface area (Å²) in [5, 5.41) is 0. The van der Waals surface area contributed by atoms with E-state index in [0.29, 0.717) is 0 Å². The summed E-state index contributed by atoms with van der Waals surface area (Å²) in [6, 6.07) is 3.90. The van der Waals surface area contributed by atoms with Crippen LogP contribution in [-0.4, -0.2) is 34.5 Å². The number of likely N-dealkylation sites (tertiary alicyclic amines) is 1. The molecule has 0 saturated carbocycles. The number of pyridine rings is 1. The van der Waals surface area contributed by atoms with E-state index in [2.05, 4.69) is 16.5 Å². The first kappa shape index (κ1) is 12.2. The van der Waals surface area contributed by atoms with Gasteiger partial charge in [-0.1, -0.05) is 0 Å². The number of hydroxylamine groups is 1. The first-order chi connectivity index (χ1) is 9.19. The maximum atomic E-state index is 11.3. The molecule has 5 heteroatoms. The van der Waals surface area contributed by atoms with Crippen LogP contribution in [0.2, 0.25) is 0 Å². The summed E-state index contributed by atoms with van der Waals surface area (Å²) in [6.45, 7) is 3.11. The highest BCUT2D eigenvalue weighted by atomic mass is 16.7. The molecule has 1 aromatic rings. The van der Waals surface area contributed by atoms with Crippen molar-refractivity contribution in [3.05, 3.63) is 36.2 Å². The Morgan fingerprint density at radius 2 is 2.05 bits per heavy atom. The lowest BCUT2D eigenvalue weighted by molar-refractivity contribution is -0.134. The molecule has 0 aromatic carbocycles. The molecule has 2 aliphatic heterocycles. The van der Waals surface area contributed by atoms with Gasteiger partial charge in [0, 0.05) is 50.8 Å². The van der Waals surface area contributed by atoms with E-state index >= 15 is 0 Å². The van der Waals surface area contributed by atoms with Gasteiger partial charge in [0.2, 0.25) is 5.91 Å². The Kier molecular flexibility index (Phi) is 2.98. The minimum absolute atomic E-state index is 0.138. The third-order valence-electron chi connectivity index (χ3n) is 3.82. The van der Waals surface area contributed by atoms with Crippen LogP contribution in [0.25, 0.3) is 5.70 Å². The van der Waals surface area contributed by atoms with Crippen molar-refractivity contribution in [2.45, 2.75) is 25.4 Å². The van der Waals surface area contributed by atoms with E-state index < -0.39 is 0 Å². The molecule has 1 amide bonds. The van der Waals surface area contributed by atoms with E-state index in [1.807, 2.05) is 17.0 Å². The van der Waals surface area contributed by atoms with Gasteiger partial charge in [-0.2, -0.15) is 0 Å². The fraction of sp³-hybridized carbons (Fsp3) is 0.429. The van der Waals surface area contributed by atoms with Crippen LogP contribution in [0.15, 0.2) is 30.6 Å².